The van der Waals surface area contributed by atoms with Gasteiger partial charge in [-0.1, -0.05) is 24.3 Å². The molecule has 2 nitrogen and oxygen atoms in total. The Kier molecular flexibility index (Phi) is 1.40. The van der Waals surface area contributed by atoms with Gasteiger partial charge in [-0.25, -0.2) is 0 Å². The number of nitrogens with zero attached hydrogens (tertiary/aromatic N) is 1. The standard InChI is InChI=1S/C8H10N2/c1-2-4-8-7(3-1)9-5-6-10-8/h1-5,7-8,10H,6H2. The van der Waals surface area contributed by atoms with E-state index < -0.39 is 0 Å². The first kappa shape index (κ1) is 5.86. The number of nitrogens with one attached hydrogen (secondary N) is 1. The minimum atomic E-state index is 0.346. The molecular weight excluding hydrogens is 124 g/mol. The average molecular weight is 134 g/mol. The number of aliphatic imine (C=N–C) groups is 1. The third-order valence-electron chi connectivity index (χ3n) is 1.83. The van der Waals surface area contributed by atoms with Crippen LogP contribution in [0.3, 0.4) is 0 Å². The Hall–Kier alpha value is -0.890. The van der Waals surface area contributed by atoms with Crippen molar-refractivity contribution in [3.05, 3.63) is 24.3 Å². The highest BCUT2D eigenvalue weighted by Gasteiger charge is 2.17. The molecule has 0 aromatic carbocycles. The van der Waals surface area contributed by atoms with Crippen LogP contribution in [0.4, 0.5) is 0 Å². The Morgan fingerprint density at radius 3 is 3.10 bits per heavy atom. The summed E-state index contributed by atoms with van der Waals surface area (Å²) in [6.45, 7) is 0.902. The maximum Gasteiger partial charge on any atom is 0.0868 e. The number of rotatable bonds is 0. The fourth-order valence-electron chi connectivity index (χ4n) is 1.29. The smallest absolute Gasteiger partial charge is 0.0868 e. The molecule has 2 heteroatoms. The lowest BCUT2D eigenvalue weighted by Gasteiger charge is -2.24. The molecule has 2 rings (SSSR count). The molecule has 0 amide bonds. The van der Waals surface area contributed by atoms with Crippen molar-refractivity contribution in [2.24, 2.45) is 4.99 Å². The minimum absolute atomic E-state index is 0.346. The van der Waals surface area contributed by atoms with Crippen molar-refractivity contribution in [1.82, 2.24) is 5.32 Å². The molecule has 1 aliphatic heterocycles. The van der Waals surface area contributed by atoms with Crippen LogP contribution in [-0.4, -0.2) is 24.8 Å². The lowest BCUT2D eigenvalue weighted by molar-refractivity contribution is 0.563. The fraction of sp³-hybridized carbons (Fsp3) is 0.375. The van der Waals surface area contributed by atoms with Crippen LogP contribution in [0.1, 0.15) is 0 Å². The summed E-state index contributed by atoms with van der Waals surface area (Å²) >= 11 is 0. The highest BCUT2D eigenvalue weighted by Crippen LogP contribution is 2.09. The first-order valence-corrected chi connectivity index (χ1v) is 3.57. The topological polar surface area (TPSA) is 24.4 Å². The number of hydrogen-bond acceptors (Lipinski definition) is 2. The van der Waals surface area contributed by atoms with E-state index in [1.807, 2.05) is 12.3 Å². The van der Waals surface area contributed by atoms with E-state index in [1.54, 1.807) is 0 Å². The molecule has 0 fully saturated rings. The second-order valence-electron chi connectivity index (χ2n) is 2.53. The van der Waals surface area contributed by atoms with Crippen molar-refractivity contribution in [2.45, 2.75) is 12.1 Å². The summed E-state index contributed by atoms with van der Waals surface area (Å²) in [7, 11) is 0. The van der Waals surface area contributed by atoms with E-state index in [4.69, 9.17) is 0 Å². The van der Waals surface area contributed by atoms with Crippen LogP contribution in [-0.2, 0) is 0 Å². The van der Waals surface area contributed by atoms with Gasteiger partial charge in [-0.15, -0.1) is 0 Å². The maximum atomic E-state index is 4.33. The van der Waals surface area contributed by atoms with Crippen LogP contribution in [0, 0.1) is 0 Å². The van der Waals surface area contributed by atoms with Gasteiger partial charge in [0.05, 0.1) is 12.1 Å². The normalized spacial score (nSPS) is 36.0. The van der Waals surface area contributed by atoms with E-state index in [2.05, 4.69) is 28.5 Å². The molecule has 1 N–H and O–H groups in total. The van der Waals surface area contributed by atoms with Gasteiger partial charge in [-0.05, 0) is 0 Å². The molecule has 0 aromatic heterocycles. The summed E-state index contributed by atoms with van der Waals surface area (Å²) in [6, 6.07) is 0.786. The first-order valence-electron chi connectivity index (χ1n) is 3.57. The molecule has 2 atom stereocenters. The molecule has 10 heavy (non-hydrogen) atoms. The van der Waals surface area contributed by atoms with E-state index in [1.165, 1.54) is 0 Å². The zero-order valence-electron chi connectivity index (χ0n) is 5.70. The Balaban J connectivity index is 2.21. The Bertz CT molecular complexity index is 203. The molecule has 0 bridgehead atoms. The van der Waals surface area contributed by atoms with Gasteiger partial charge in [-0.2, -0.15) is 0 Å². The van der Waals surface area contributed by atoms with E-state index in [0.717, 1.165) is 6.54 Å². The molecule has 1 aliphatic carbocycles. The summed E-state index contributed by atoms with van der Waals surface area (Å²) in [5, 5.41) is 3.33. The van der Waals surface area contributed by atoms with Crippen LogP contribution >= 0.6 is 0 Å². The quantitative estimate of drug-likeness (QED) is 0.513. The van der Waals surface area contributed by atoms with Crippen molar-refractivity contribution >= 4 is 6.21 Å². The Morgan fingerprint density at radius 2 is 2.20 bits per heavy atom. The van der Waals surface area contributed by atoms with Crippen LogP contribution < -0.4 is 5.32 Å². The average Bonchev–Trinajstić information content (AvgIpc) is 2.05. The van der Waals surface area contributed by atoms with Gasteiger partial charge in [0.2, 0.25) is 0 Å². The number of hydrogen-bond donors (Lipinski definition) is 1. The van der Waals surface area contributed by atoms with Crippen molar-refractivity contribution in [3.8, 4) is 0 Å². The summed E-state index contributed by atoms with van der Waals surface area (Å²) in [5.74, 6) is 0. The highest BCUT2D eigenvalue weighted by atomic mass is 15.0. The summed E-state index contributed by atoms with van der Waals surface area (Å²) in [5.41, 5.74) is 0. The van der Waals surface area contributed by atoms with Gasteiger partial charge < -0.3 is 5.32 Å². The van der Waals surface area contributed by atoms with Gasteiger partial charge >= 0.3 is 0 Å². The maximum absolute atomic E-state index is 4.33. The lowest BCUT2D eigenvalue weighted by atomic mass is 10.0. The van der Waals surface area contributed by atoms with Gasteiger partial charge in [0.1, 0.15) is 0 Å². The second-order valence-corrected chi connectivity index (χ2v) is 2.53. The van der Waals surface area contributed by atoms with E-state index in [-0.39, 0.29) is 0 Å². The lowest BCUT2D eigenvalue weighted by Crippen LogP contribution is -2.41. The van der Waals surface area contributed by atoms with E-state index in [0.29, 0.717) is 12.1 Å². The van der Waals surface area contributed by atoms with Crippen molar-refractivity contribution in [1.29, 1.82) is 0 Å². The van der Waals surface area contributed by atoms with Crippen LogP contribution in [0.25, 0.3) is 0 Å². The molecule has 1 heterocycles. The SMILES string of the molecule is C1=CC2N=CCNC2C=C1. The van der Waals surface area contributed by atoms with Crippen molar-refractivity contribution in [3.63, 3.8) is 0 Å². The van der Waals surface area contributed by atoms with Crippen molar-refractivity contribution in [2.75, 3.05) is 6.54 Å². The van der Waals surface area contributed by atoms with Crippen LogP contribution in [0.15, 0.2) is 29.3 Å². The van der Waals surface area contributed by atoms with Gasteiger partial charge in [0, 0.05) is 12.8 Å². The summed E-state index contributed by atoms with van der Waals surface area (Å²) in [6.07, 6.45) is 10.3. The minimum Gasteiger partial charge on any atom is -0.303 e. The van der Waals surface area contributed by atoms with Crippen LogP contribution in [0.5, 0.6) is 0 Å². The molecule has 0 radical (unpaired) electrons. The zero-order chi connectivity index (χ0) is 6.81. The number of allylic oxidation sites excluding steroid dienone is 2. The Morgan fingerprint density at radius 1 is 1.30 bits per heavy atom. The molecular formula is C8H10N2. The molecule has 0 saturated carbocycles. The Labute approximate surface area is 60.3 Å². The third kappa shape index (κ3) is 0.907. The predicted octanol–water partition coefficient (Wildman–Crippen LogP) is 0.524. The third-order valence-corrected chi connectivity index (χ3v) is 1.83. The molecule has 0 spiro atoms. The fourth-order valence-corrected chi connectivity index (χ4v) is 1.29. The van der Waals surface area contributed by atoms with Gasteiger partial charge in [-0.3, -0.25) is 4.99 Å². The predicted molar refractivity (Wildman–Crippen MR) is 42.4 cm³/mol. The van der Waals surface area contributed by atoms with Gasteiger partial charge in [0.25, 0.3) is 0 Å². The van der Waals surface area contributed by atoms with Gasteiger partial charge in [0.15, 0.2) is 0 Å². The first-order chi connectivity index (χ1) is 4.97. The molecule has 52 valence electrons. The summed E-state index contributed by atoms with van der Waals surface area (Å²) < 4.78 is 0. The molecule has 2 unspecified atom stereocenters. The summed E-state index contributed by atoms with van der Waals surface area (Å²) in [4.78, 5) is 4.33. The van der Waals surface area contributed by atoms with E-state index in [9.17, 15) is 0 Å². The number of fused-ring (bicyclic) bond motifs is 1. The highest BCUT2D eigenvalue weighted by molar-refractivity contribution is 5.62. The monoisotopic (exact) mass is 134 g/mol. The zero-order valence-corrected chi connectivity index (χ0v) is 5.70. The van der Waals surface area contributed by atoms with Crippen molar-refractivity contribution < 1.29 is 0 Å². The van der Waals surface area contributed by atoms with E-state index >= 15 is 0 Å². The molecule has 2 aliphatic rings. The van der Waals surface area contributed by atoms with Crippen LogP contribution in [0.2, 0.25) is 0 Å². The largest absolute Gasteiger partial charge is 0.303 e. The molecule has 0 saturated heterocycles. The second kappa shape index (κ2) is 2.39. The molecule has 0 aromatic rings.